The normalized spacial score (nSPS) is 10.2. The molecule has 0 aromatic heterocycles. The first kappa shape index (κ1) is 10.5. The number of rotatable bonds is 7. The van der Waals surface area contributed by atoms with Gasteiger partial charge in [0.15, 0.2) is 0 Å². The molecule has 0 saturated heterocycles. The molecule has 4 heteroatoms. The van der Waals surface area contributed by atoms with Gasteiger partial charge in [-0.1, -0.05) is 0 Å². The van der Waals surface area contributed by atoms with Crippen molar-refractivity contribution in [3.8, 4) is 0 Å². The van der Waals surface area contributed by atoms with E-state index in [1.807, 2.05) is 0 Å². The van der Waals surface area contributed by atoms with Crippen molar-refractivity contribution in [2.45, 2.75) is 12.8 Å². The van der Waals surface area contributed by atoms with Gasteiger partial charge in [-0.25, -0.2) is 0 Å². The monoisotopic (exact) mass is 184 g/mol. The molecule has 0 radical (unpaired) electrons. The molecule has 0 fully saturated rings. The summed E-state index contributed by atoms with van der Waals surface area (Å²) in [7, 11) is 0. The quantitative estimate of drug-likeness (QED) is 0.355. The highest BCUT2D eigenvalue weighted by Crippen LogP contribution is 1.81. The summed E-state index contributed by atoms with van der Waals surface area (Å²) in [5, 5.41) is 0. The van der Waals surface area contributed by atoms with Crippen molar-refractivity contribution in [3.05, 3.63) is 0 Å². The summed E-state index contributed by atoms with van der Waals surface area (Å²) >= 11 is 10.9. The Morgan fingerprint density at radius 2 is 1.20 bits per heavy atom. The summed E-state index contributed by atoms with van der Waals surface area (Å²) in [4.78, 5) is 0. The van der Waals surface area contributed by atoms with Crippen molar-refractivity contribution in [1.82, 2.24) is 10.9 Å². The maximum Gasteiger partial charge on any atom is 0.0236 e. The molecule has 2 N–H and O–H groups in total. The second-order valence-electron chi connectivity index (χ2n) is 1.94. The van der Waals surface area contributed by atoms with E-state index in [1.165, 1.54) is 0 Å². The standard InChI is InChI=1S/C6H14Cl2N2/c7-3-1-5-9-10-6-2-4-8/h9-10H,1-6H2. The number of alkyl halides is 2. The summed E-state index contributed by atoms with van der Waals surface area (Å²) in [6.07, 6.45) is 1.99. The van der Waals surface area contributed by atoms with Crippen LogP contribution in [0.3, 0.4) is 0 Å². The molecule has 0 aliphatic carbocycles. The van der Waals surface area contributed by atoms with E-state index >= 15 is 0 Å². The molecular weight excluding hydrogens is 171 g/mol. The maximum atomic E-state index is 5.45. The van der Waals surface area contributed by atoms with E-state index in [9.17, 15) is 0 Å². The van der Waals surface area contributed by atoms with Crippen molar-refractivity contribution < 1.29 is 0 Å². The summed E-state index contributed by atoms with van der Waals surface area (Å²) in [6, 6.07) is 0. The molecule has 0 aromatic carbocycles. The maximum absolute atomic E-state index is 5.45. The Labute approximate surface area is 72.2 Å². The molecule has 0 aliphatic rings. The predicted octanol–water partition coefficient (Wildman–Crippen LogP) is 1.34. The van der Waals surface area contributed by atoms with Crippen LogP contribution in [-0.4, -0.2) is 24.8 Å². The lowest BCUT2D eigenvalue weighted by atomic mass is 10.5. The third-order valence-electron chi connectivity index (χ3n) is 0.996. The molecule has 0 aromatic rings. The van der Waals surface area contributed by atoms with Crippen LogP contribution < -0.4 is 10.9 Å². The zero-order valence-electron chi connectivity index (χ0n) is 6.00. The van der Waals surface area contributed by atoms with Crippen molar-refractivity contribution in [2.24, 2.45) is 0 Å². The molecule has 0 heterocycles. The van der Waals surface area contributed by atoms with E-state index in [0.29, 0.717) is 11.8 Å². The fraction of sp³-hybridized carbons (Fsp3) is 1.00. The van der Waals surface area contributed by atoms with Crippen LogP contribution in [0.4, 0.5) is 0 Å². The van der Waals surface area contributed by atoms with E-state index < -0.39 is 0 Å². The molecule has 0 spiro atoms. The van der Waals surface area contributed by atoms with Crippen LogP contribution in [0.2, 0.25) is 0 Å². The molecule has 2 nitrogen and oxygen atoms in total. The van der Waals surface area contributed by atoms with Gasteiger partial charge in [-0.3, -0.25) is 10.9 Å². The minimum atomic E-state index is 0.712. The summed E-state index contributed by atoms with van der Waals surface area (Å²) in [6.45, 7) is 1.84. The van der Waals surface area contributed by atoms with Crippen LogP contribution in [0.5, 0.6) is 0 Å². The minimum absolute atomic E-state index is 0.712. The average molecular weight is 185 g/mol. The van der Waals surface area contributed by atoms with Gasteiger partial charge in [-0.05, 0) is 12.8 Å². The summed E-state index contributed by atoms with van der Waals surface area (Å²) in [5.74, 6) is 1.42. The molecule has 0 bridgehead atoms. The predicted molar refractivity (Wildman–Crippen MR) is 46.7 cm³/mol. The highest BCUT2D eigenvalue weighted by Gasteiger charge is 1.84. The molecule has 0 rings (SSSR count). The Morgan fingerprint density at radius 3 is 1.50 bits per heavy atom. The van der Waals surface area contributed by atoms with Crippen LogP contribution in [0.25, 0.3) is 0 Å². The zero-order valence-corrected chi connectivity index (χ0v) is 7.51. The summed E-state index contributed by atoms with van der Waals surface area (Å²) in [5.41, 5.74) is 6.06. The van der Waals surface area contributed by atoms with Gasteiger partial charge in [0.05, 0.1) is 0 Å². The zero-order chi connectivity index (χ0) is 7.66. The fourth-order valence-corrected chi connectivity index (χ4v) is 0.754. The van der Waals surface area contributed by atoms with Crippen LogP contribution in [0.1, 0.15) is 12.8 Å². The first-order valence-corrected chi connectivity index (χ1v) is 4.56. The Bertz CT molecular complexity index is 53.7. The second-order valence-corrected chi connectivity index (χ2v) is 2.69. The van der Waals surface area contributed by atoms with Crippen LogP contribution in [-0.2, 0) is 0 Å². The van der Waals surface area contributed by atoms with Gasteiger partial charge in [-0.2, -0.15) is 0 Å². The third-order valence-corrected chi connectivity index (χ3v) is 1.53. The Kier molecular flexibility index (Phi) is 9.97. The minimum Gasteiger partial charge on any atom is -0.258 e. The summed E-state index contributed by atoms with van der Waals surface area (Å²) < 4.78 is 0. The van der Waals surface area contributed by atoms with Crippen LogP contribution >= 0.6 is 23.2 Å². The van der Waals surface area contributed by atoms with E-state index in [4.69, 9.17) is 23.2 Å². The number of hydrogen-bond donors (Lipinski definition) is 2. The van der Waals surface area contributed by atoms with E-state index in [0.717, 1.165) is 25.9 Å². The Hall–Kier alpha value is 0.500. The number of nitrogens with one attached hydrogen (secondary N) is 2. The van der Waals surface area contributed by atoms with Crippen LogP contribution in [0.15, 0.2) is 0 Å². The van der Waals surface area contributed by atoms with Crippen molar-refractivity contribution in [1.29, 1.82) is 0 Å². The van der Waals surface area contributed by atoms with Gasteiger partial charge in [0.25, 0.3) is 0 Å². The molecular formula is C6H14Cl2N2. The van der Waals surface area contributed by atoms with Crippen molar-refractivity contribution in [3.63, 3.8) is 0 Å². The number of hydrazine groups is 1. The Morgan fingerprint density at radius 1 is 0.800 bits per heavy atom. The fourth-order valence-electron chi connectivity index (χ4n) is 0.487. The first-order valence-electron chi connectivity index (χ1n) is 3.49. The molecule has 10 heavy (non-hydrogen) atoms. The average Bonchev–Trinajstić information content (AvgIpc) is 1.97. The van der Waals surface area contributed by atoms with Gasteiger partial charge >= 0.3 is 0 Å². The van der Waals surface area contributed by atoms with Crippen LogP contribution in [0, 0.1) is 0 Å². The Balaban J connectivity index is 2.65. The van der Waals surface area contributed by atoms with Gasteiger partial charge in [0, 0.05) is 24.8 Å². The molecule has 0 atom stereocenters. The second kappa shape index (κ2) is 9.50. The highest BCUT2D eigenvalue weighted by atomic mass is 35.5. The molecule has 0 saturated carbocycles. The van der Waals surface area contributed by atoms with Gasteiger partial charge in [-0.15, -0.1) is 23.2 Å². The smallest absolute Gasteiger partial charge is 0.0236 e. The molecule has 62 valence electrons. The van der Waals surface area contributed by atoms with Gasteiger partial charge in [0.1, 0.15) is 0 Å². The number of hydrogen-bond acceptors (Lipinski definition) is 2. The van der Waals surface area contributed by atoms with Crippen molar-refractivity contribution in [2.75, 3.05) is 24.8 Å². The van der Waals surface area contributed by atoms with Gasteiger partial charge < -0.3 is 0 Å². The molecule has 0 amide bonds. The van der Waals surface area contributed by atoms with Crippen molar-refractivity contribution >= 4 is 23.2 Å². The first-order chi connectivity index (χ1) is 4.91. The lowest BCUT2D eigenvalue weighted by Gasteiger charge is -2.03. The van der Waals surface area contributed by atoms with E-state index in [2.05, 4.69) is 10.9 Å². The van der Waals surface area contributed by atoms with Gasteiger partial charge in [0.2, 0.25) is 0 Å². The lowest BCUT2D eigenvalue weighted by molar-refractivity contribution is 0.529. The SMILES string of the molecule is ClCCCNNCCCCl. The molecule has 0 unspecified atom stereocenters. The third kappa shape index (κ3) is 8.50. The number of halogens is 2. The molecule has 0 aliphatic heterocycles. The lowest BCUT2D eigenvalue weighted by Crippen LogP contribution is -2.33. The topological polar surface area (TPSA) is 24.1 Å². The highest BCUT2D eigenvalue weighted by molar-refractivity contribution is 6.18. The van der Waals surface area contributed by atoms with E-state index in [1.54, 1.807) is 0 Å². The van der Waals surface area contributed by atoms with E-state index in [-0.39, 0.29) is 0 Å². The largest absolute Gasteiger partial charge is 0.258 e.